The van der Waals surface area contributed by atoms with Gasteiger partial charge in [-0.3, -0.25) is 0 Å². The van der Waals surface area contributed by atoms with Crippen LogP contribution in [0.1, 0.15) is 10.5 Å². The lowest BCUT2D eigenvalue weighted by molar-refractivity contribution is 0.197. The van der Waals surface area contributed by atoms with Crippen molar-refractivity contribution in [2.24, 2.45) is 0 Å². The number of ether oxygens (including phenoxy) is 1. The van der Waals surface area contributed by atoms with Crippen LogP contribution in [0.25, 0.3) is 0 Å². The van der Waals surface area contributed by atoms with E-state index in [0.717, 1.165) is 5.69 Å². The number of hydrogen-bond donors (Lipinski definition) is 1. The summed E-state index contributed by atoms with van der Waals surface area (Å²) in [5.41, 5.74) is 0.913. The molecule has 0 aliphatic heterocycles. The molecule has 1 aromatic rings. The molecular weight excluding hydrogens is 238 g/mol. The monoisotopic (exact) mass is 249 g/mol. The summed E-state index contributed by atoms with van der Waals surface area (Å²) in [5.74, 6) is 0. The molecule has 1 rings (SSSR count). The highest BCUT2D eigenvalue weighted by Gasteiger charge is 2.12. The van der Waals surface area contributed by atoms with E-state index in [-0.39, 0.29) is 11.4 Å². The fraction of sp³-hybridized carbons (Fsp3) is 0.714. The lowest BCUT2D eigenvalue weighted by atomic mass is 10.3. The number of aromatic nitrogens is 3. The zero-order chi connectivity index (χ0) is 9.68. The Morgan fingerprint density at radius 3 is 3.15 bits per heavy atom. The van der Waals surface area contributed by atoms with Crippen LogP contribution in [0.2, 0.25) is 0 Å². The van der Waals surface area contributed by atoms with E-state index in [9.17, 15) is 0 Å². The van der Waals surface area contributed by atoms with Gasteiger partial charge in [0.05, 0.1) is 36.5 Å². The van der Waals surface area contributed by atoms with Crippen molar-refractivity contribution < 1.29 is 9.84 Å². The summed E-state index contributed by atoms with van der Waals surface area (Å²) in [4.78, 5) is 0.0686. The maximum absolute atomic E-state index is 8.74. The van der Waals surface area contributed by atoms with Crippen molar-refractivity contribution in [1.82, 2.24) is 15.0 Å². The highest BCUT2D eigenvalue weighted by Crippen LogP contribution is 2.21. The molecule has 0 saturated carbocycles. The average Bonchev–Trinajstić information content (AvgIpc) is 2.54. The van der Waals surface area contributed by atoms with Gasteiger partial charge in [0.1, 0.15) is 0 Å². The van der Waals surface area contributed by atoms with Gasteiger partial charge in [0.2, 0.25) is 0 Å². The number of rotatable bonds is 5. The molecule has 0 aliphatic rings. The Morgan fingerprint density at radius 2 is 2.54 bits per heavy atom. The summed E-state index contributed by atoms with van der Waals surface area (Å²) in [6.45, 7) is 1.07. The van der Waals surface area contributed by atoms with Crippen molar-refractivity contribution in [3.05, 3.63) is 11.9 Å². The summed E-state index contributed by atoms with van der Waals surface area (Å²) >= 11 is 3.44. The molecule has 0 saturated heterocycles. The van der Waals surface area contributed by atoms with Crippen molar-refractivity contribution in [2.45, 2.75) is 11.4 Å². The number of hydrogen-bond acceptors (Lipinski definition) is 4. The van der Waals surface area contributed by atoms with Gasteiger partial charge in [-0.1, -0.05) is 21.1 Å². The lowest BCUT2D eigenvalue weighted by Crippen LogP contribution is -2.11. The minimum absolute atomic E-state index is 0.0586. The van der Waals surface area contributed by atoms with E-state index in [0.29, 0.717) is 13.2 Å². The first kappa shape index (κ1) is 10.6. The van der Waals surface area contributed by atoms with Gasteiger partial charge < -0.3 is 9.84 Å². The maximum Gasteiger partial charge on any atom is 0.0814 e. The summed E-state index contributed by atoms with van der Waals surface area (Å²) in [5, 5.41) is 16.3. The number of aliphatic hydroxyl groups excluding tert-OH is 1. The Labute approximate surface area is 84.8 Å². The third-order valence-corrected chi connectivity index (χ3v) is 2.33. The van der Waals surface area contributed by atoms with E-state index in [1.807, 2.05) is 0 Å². The van der Waals surface area contributed by atoms with Crippen LogP contribution < -0.4 is 0 Å². The second kappa shape index (κ2) is 5.31. The molecule has 0 bridgehead atoms. The van der Waals surface area contributed by atoms with Crippen LogP contribution in [0.3, 0.4) is 0 Å². The topological polar surface area (TPSA) is 60.2 Å². The van der Waals surface area contributed by atoms with Crippen molar-refractivity contribution in [1.29, 1.82) is 0 Å². The molecule has 0 radical (unpaired) electrons. The van der Waals surface area contributed by atoms with E-state index < -0.39 is 0 Å². The van der Waals surface area contributed by atoms with E-state index in [2.05, 4.69) is 26.2 Å². The molecule has 0 aliphatic carbocycles. The zero-order valence-electron chi connectivity index (χ0n) is 7.35. The number of alkyl halides is 1. The number of halogens is 1. The molecule has 0 amide bonds. The standard InChI is InChI=1S/C7H12BrN3O2/c1-13-5-6(8)7-4-9-10-11(7)2-3-12/h4,6,12H,2-3,5H2,1H3. The van der Waals surface area contributed by atoms with Gasteiger partial charge in [-0.05, 0) is 0 Å². The SMILES string of the molecule is COCC(Br)c1cnnn1CCO. The molecule has 1 N–H and O–H groups in total. The van der Waals surface area contributed by atoms with Crippen molar-refractivity contribution >= 4 is 15.9 Å². The number of methoxy groups -OCH3 is 1. The summed E-state index contributed by atoms with van der Waals surface area (Å²) in [6, 6.07) is 0. The van der Waals surface area contributed by atoms with Gasteiger partial charge >= 0.3 is 0 Å². The summed E-state index contributed by atoms with van der Waals surface area (Å²) in [6.07, 6.45) is 1.66. The zero-order valence-corrected chi connectivity index (χ0v) is 8.94. The molecule has 1 aromatic heterocycles. The van der Waals surface area contributed by atoms with Crippen LogP contribution in [-0.2, 0) is 11.3 Å². The quantitative estimate of drug-likeness (QED) is 0.766. The molecule has 74 valence electrons. The number of nitrogens with zero attached hydrogens (tertiary/aromatic N) is 3. The van der Waals surface area contributed by atoms with E-state index in [1.54, 1.807) is 18.0 Å². The third-order valence-electron chi connectivity index (χ3n) is 1.59. The fourth-order valence-corrected chi connectivity index (χ4v) is 1.63. The highest BCUT2D eigenvalue weighted by atomic mass is 79.9. The van der Waals surface area contributed by atoms with E-state index in [4.69, 9.17) is 9.84 Å². The molecule has 0 spiro atoms. The van der Waals surface area contributed by atoms with E-state index in [1.165, 1.54) is 0 Å². The van der Waals surface area contributed by atoms with Gasteiger partial charge in [0.25, 0.3) is 0 Å². The molecule has 6 heteroatoms. The first-order valence-corrected chi connectivity index (χ1v) is 4.83. The van der Waals surface area contributed by atoms with Gasteiger partial charge in [0, 0.05) is 7.11 Å². The largest absolute Gasteiger partial charge is 0.394 e. The minimum Gasteiger partial charge on any atom is -0.394 e. The van der Waals surface area contributed by atoms with Gasteiger partial charge in [-0.25, -0.2) is 4.68 Å². The summed E-state index contributed by atoms with van der Waals surface area (Å²) in [7, 11) is 1.63. The Kier molecular flexibility index (Phi) is 4.34. The van der Waals surface area contributed by atoms with Crippen LogP contribution in [0.4, 0.5) is 0 Å². The molecule has 1 heterocycles. The van der Waals surface area contributed by atoms with Crippen LogP contribution in [-0.4, -0.2) is 40.4 Å². The molecule has 5 nitrogen and oxygen atoms in total. The van der Waals surface area contributed by atoms with Gasteiger partial charge in [-0.2, -0.15) is 0 Å². The highest BCUT2D eigenvalue weighted by molar-refractivity contribution is 9.09. The van der Waals surface area contributed by atoms with Crippen molar-refractivity contribution in [2.75, 3.05) is 20.3 Å². The van der Waals surface area contributed by atoms with Gasteiger partial charge in [-0.15, -0.1) is 5.10 Å². The minimum atomic E-state index is 0.0586. The predicted molar refractivity (Wildman–Crippen MR) is 50.7 cm³/mol. The Morgan fingerprint density at radius 1 is 1.77 bits per heavy atom. The smallest absolute Gasteiger partial charge is 0.0814 e. The molecular formula is C7H12BrN3O2. The van der Waals surface area contributed by atoms with Crippen LogP contribution in [0.15, 0.2) is 6.20 Å². The van der Waals surface area contributed by atoms with Gasteiger partial charge in [0.15, 0.2) is 0 Å². The Bertz CT molecular complexity index is 254. The van der Waals surface area contributed by atoms with Crippen LogP contribution >= 0.6 is 15.9 Å². The molecule has 1 unspecified atom stereocenters. The third kappa shape index (κ3) is 2.75. The predicted octanol–water partition coefficient (Wildman–Crippen LogP) is 0.353. The second-order valence-electron chi connectivity index (χ2n) is 2.53. The molecule has 13 heavy (non-hydrogen) atoms. The molecule has 0 aromatic carbocycles. The van der Waals surface area contributed by atoms with Crippen molar-refractivity contribution in [3.8, 4) is 0 Å². The average molecular weight is 250 g/mol. The van der Waals surface area contributed by atoms with Crippen LogP contribution in [0, 0.1) is 0 Å². The Hall–Kier alpha value is -0.460. The summed E-state index contributed by atoms with van der Waals surface area (Å²) < 4.78 is 6.63. The number of aliphatic hydroxyl groups is 1. The van der Waals surface area contributed by atoms with E-state index >= 15 is 0 Å². The first-order valence-electron chi connectivity index (χ1n) is 3.92. The normalized spacial score (nSPS) is 13.2. The second-order valence-corrected chi connectivity index (χ2v) is 3.63. The molecule has 0 fully saturated rings. The lowest BCUT2D eigenvalue weighted by Gasteiger charge is -2.09. The molecule has 1 atom stereocenters. The maximum atomic E-state index is 8.74. The first-order chi connectivity index (χ1) is 6.29. The van der Waals surface area contributed by atoms with Crippen LogP contribution in [0.5, 0.6) is 0 Å². The van der Waals surface area contributed by atoms with Crippen molar-refractivity contribution in [3.63, 3.8) is 0 Å². The Balaban J connectivity index is 2.68. The fourth-order valence-electron chi connectivity index (χ4n) is 1.01.